The van der Waals surface area contributed by atoms with Gasteiger partial charge < -0.3 is 10.4 Å². The number of nitrogens with one attached hydrogen (secondary N) is 1. The van der Waals surface area contributed by atoms with E-state index < -0.39 is 6.10 Å². The molecule has 1 amide bonds. The van der Waals surface area contributed by atoms with Crippen LogP contribution >= 0.6 is 11.3 Å². The average Bonchev–Trinajstić information content (AvgIpc) is 2.98. The summed E-state index contributed by atoms with van der Waals surface area (Å²) in [5.74, 6) is -0.519. The molecule has 1 aromatic heterocycles. The lowest BCUT2D eigenvalue weighted by Gasteiger charge is -2.10. The second-order valence-corrected chi connectivity index (χ2v) is 5.36. The van der Waals surface area contributed by atoms with Crippen molar-refractivity contribution in [1.82, 2.24) is 5.32 Å². The minimum absolute atomic E-state index is 0.153. The minimum Gasteiger partial charge on any atom is -0.392 e. The number of amides is 1. The summed E-state index contributed by atoms with van der Waals surface area (Å²) in [6, 6.07) is 10.2. The summed E-state index contributed by atoms with van der Waals surface area (Å²) in [6.07, 6.45) is -0.626. The van der Waals surface area contributed by atoms with E-state index in [4.69, 9.17) is 0 Å². The molecule has 0 unspecified atom stereocenters. The highest BCUT2D eigenvalue weighted by Crippen LogP contribution is 2.18. The lowest BCUT2D eigenvalue weighted by molar-refractivity contribution is 0.0916. The van der Waals surface area contributed by atoms with Crippen molar-refractivity contribution in [2.75, 3.05) is 6.54 Å². The molecule has 104 valence electrons. The predicted molar refractivity (Wildman–Crippen MR) is 78.2 cm³/mol. The third kappa shape index (κ3) is 3.31. The Bertz CT molecular complexity index is 605. The van der Waals surface area contributed by atoms with Crippen LogP contribution in [0.2, 0.25) is 0 Å². The average molecular weight is 289 g/mol. The van der Waals surface area contributed by atoms with E-state index in [1.54, 1.807) is 43.3 Å². The largest absolute Gasteiger partial charge is 0.392 e. The van der Waals surface area contributed by atoms with Gasteiger partial charge in [-0.1, -0.05) is 24.3 Å². The Labute approximate surface area is 121 Å². The number of benzene rings is 1. The van der Waals surface area contributed by atoms with Crippen LogP contribution in [0.1, 0.15) is 32.5 Å². The Hall–Kier alpha value is -1.98. The topological polar surface area (TPSA) is 66.4 Å². The lowest BCUT2D eigenvalue weighted by atomic mass is 10.0. The molecule has 2 rings (SSSR count). The van der Waals surface area contributed by atoms with Gasteiger partial charge in [0.1, 0.15) is 0 Å². The van der Waals surface area contributed by atoms with E-state index in [2.05, 4.69) is 5.32 Å². The Morgan fingerprint density at radius 3 is 2.50 bits per heavy atom. The molecule has 1 atom stereocenters. The van der Waals surface area contributed by atoms with Crippen LogP contribution in [0.15, 0.2) is 41.8 Å². The number of aliphatic hydroxyl groups is 1. The number of rotatable bonds is 5. The van der Waals surface area contributed by atoms with Crippen LogP contribution in [0.3, 0.4) is 0 Å². The molecule has 1 heterocycles. The molecule has 20 heavy (non-hydrogen) atoms. The molecule has 1 aromatic carbocycles. The molecule has 4 nitrogen and oxygen atoms in total. The number of carbonyl (C=O) groups excluding carboxylic acids is 2. The highest BCUT2D eigenvalue weighted by molar-refractivity contribution is 7.12. The van der Waals surface area contributed by atoms with Crippen molar-refractivity contribution >= 4 is 23.0 Å². The first-order valence-corrected chi connectivity index (χ1v) is 7.11. The molecular formula is C15H15NO3S. The summed E-state index contributed by atoms with van der Waals surface area (Å²) >= 11 is 1.34. The molecule has 0 aliphatic rings. The Morgan fingerprint density at radius 2 is 1.90 bits per heavy atom. The molecule has 2 N–H and O–H groups in total. The molecule has 0 radical (unpaired) electrons. The van der Waals surface area contributed by atoms with Crippen molar-refractivity contribution in [1.29, 1.82) is 0 Å². The van der Waals surface area contributed by atoms with Gasteiger partial charge in [0.2, 0.25) is 5.78 Å². The maximum absolute atomic E-state index is 12.4. The number of ketones is 1. The second kappa shape index (κ2) is 6.45. The molecular weight excluding hydrogens is 274 g/mol. The summed E-state index contributed by atoms with van der Waals surface area (Å²) in [5, 5.41) is 13.6. The van der Waals surface area contributed by atoms with Gasteiger partial charge in [-0.25, -0.2) is 0 Å². The van der Waals surface area contributed by atoms with E-state index in [0.717, 1.165) is 0 Å². The van der Waals surface area contributed by atoms with Crippen molar-refractivity contribution in [2.45, 2.75) is 13.0 Å². The fourth-order valence-electron chi connectivity index (χ4n) is 1.76. The van der Waals surface area contributed by atoms with Gasteiger partial charge in [-0.2, -0.15) is 0 Å². The van der Waals surface area contributed by atoms with Crippen molar-refractivity contribution in [2.24, 2.45) is 0 Å². The summed E-state index contributed by atoms with van der Waals surface area (Å²) in [5.41, 5.74) is 0.699. The molecule has 0 saturated heterocycles. The second-order valence-electron chi connectivity index (χ2n) is 4.41. The van der Waals surface area contributed by atoms with Gasteiger partial charge in [-0.15, -0.1) is 11.3 Å². The van der Waals surface area contributed by atoms with Crippen LogP contribution in [-0.4, -0.2) is 29.4 Å². The third-order valence-electron chi connectivity index (χ3n) is 2.72. The van der Waals surface area contributed by atoms with Crippen molar-refractivity contribution in [3.63, 3.8) is 0 Å². The van der Waals surface area contributed by atoms with E-state index in [1.807, 2.05) is 5.38 Å². The van der Waals surface area contributed by atoms with Crippen LogP contribution in [-0.2, 0) is 0 Å². The number of carbonyl (C=O) groups is 2. The van der Waals surface area contributed by atoms with Gasteiger partial charge in [-0.3, -0.25) is 9.59 Å². The van der Waals surface area contributed by atoms with Crippen LogP contribution < -0.4 is 5.32 Å². The molecule has 0 aliphatic carbocycles. The fourth-order valence-corrected chi connectivity index (χ4v) is 2.43. The standard InChI is InChI=1S/C15H15NO3S/c1-10(17)9-16-15(19)12-6-3-2-5-11(12)14(18)13-7-4-8-20-13/h2-8,10,17H,9H2,1H3,(H,16,19)/t10-/m0/s1. The lowest BCUT2D eigenvalue weighted by Crippen LogP contribution is -2.31. The molecule has 0 fully saturated rings. The normalized spacial score (nSPS) is 11.9. The molecule has 0 bridgehead atoms. The molecule has 5 heteroatoms. The smallest absolute Gasteiger partial charge is 0.252 e. The zero-order valence-electron chi connectivity index (χ0n) is 11.0. The first-order valence-electron chi connectivity index (χ1n) is 6.23. The SMILES string of the molecule is C[C@H](O)CNC(=O)c1ccccc1C(=O)c1cccs1. The first-order chi connectivity index (χ1) is 9.59. The maximum Gasteiger partial charge on any atom is 0.252 e. The van der Waals surface area contributed by atoms with Crippen molar-refractivity contribution in [3.8, 4) is 0 Å². The Balaban J connectivity index is 2.26. The number of thiophene rings is 1. The van der Waals surface area contributed by atoms with E-state index >= 15 is 0 Å². The summed E-state index contributed by atoms with van der Waals surface area (Å²) < 4.78 is 0. The van der Waals surface area contributed by atoms with E-state index in [0.29, 0.717) is 16.0 Å². The Kier molecular flexibility index (Phi) is 4.65. The van der Waals surface area contributed by atoms with Crippen molar-refractivity contribution < 1.29 is 14.7 Å². The maximum atomic E-state index is 12.4. The van der Waals surface area contributed by atoms with Gasteiger partial charge in [0.25, 0.3) is 5.91 Å². The van der Waals surface area contributed by atoms with Crippen LogP contribution in [0.25, 0.3) is 0 Å². The number of hydrogen-bond donors (Lipinski definition) is 2. The van der Waals surface area contributed by atoms with Gasteiger partial charge in [0, 0.05) is 12.1 Å². The third-order valence-corrected chi connectivity index (χ3v) is 3.59. The molecule has 0 saturated carbocycles. The molecule has 0 spiro atoms. The summed E-state index contributed by atoms with van der Waals surface area (Å²) in [6.45, 7) is 1.74. The highest BCUT2D eigenvalue weighted by atomic mass is 32.1. The number of hydrogen-bond acceptors (Lipinski definition) is 4. The number of aliphatic hydroxyl groups excluding tert-OH is 1. The first kappa shape index (κ1) is 14.4. The van der Waals surface area contributed by atoms with Crippen molar-refractivity contribution in [3.05, 3.63) is 57.8 Å². The van der Waals surface area contributed by atoms with E-state index in [9.17, 15) is 14.7 Å². The van der Waals surface area contributed by atoms with E-state index in [-0.39, 0.29) is 18.2 Å². The monoisotopic (exact) mass is 289 g/mol. The Morgan fingerprint density at radius 1 is 1.20 bits per heavy atom. The van der Waals surface area contributed by atoms with Gasteiger partial charge in [-0.05, 0) is 24.4 Å². The quantitative estimate of drug-likeness (QED) is 0.828. The zero-order chi connectivity index (χ0) is 14.5. The zero-order valence-corrected chi connectivity index (χ0v) is 11.8. The summed E-state index contributed by atoms with van der Waals surface area (Å²) in [7, 11) is 0. The minimum atomic E-state index is -0.626. The van der Waals surface area contributed by atoms with Gasteiger partial charge in [0.05, 0.1) is 16.5 Å². The highest BCUT2D eigenvalue weighted by Gasteiger charge is 2.18. The van der Waals surface area contributed by atoms with E-state index in [1.165, 1.54) is 11.3 Å². The van der Waals surface area contributed by atoms with Crippen LogP contribution in [0, 0.1) is 0 Å². The fraction of sp³-hybridized carbons (Fsp3) is 0.200. The van der Waals surface area contributed by atoms with Gasteiger partial charge in [0.15, 0.2) is 0 Å². The molecule has 0 aliphatic heterocycles. The molecule has 2 aromatic rings. The summed E-state index contributed by atoms with van der Waals surface area (Å²) in [4.78, 5) is 25.0. The van der Waals surface area contributed by atoms with Gasteiger partial charge >= 0.3 is 0 Å². The predicted octanol–water partition coefficient (Wildman–Crippen LogP) is 2.09. The van der Waals surface area contributed by atoms with Crippen LogP contribution in [0.5, 0.6) is 0 Å². The van der Waals surface area contributed by atoms with Crippen LogP contribution in [0.4, 0.5) is 0 Å².